The fourth-order valence-corrected chi connectivity index (χ4v) is 1.20. The Morgan fingerprint density at radius 1 is 1.80 bits per heavy atom. The normalized spacial score (nSPS) is 19.6. The van der Waals surface area contributed by atoms with Crippen molar-refractivity contribution in [2.24, 2.45) is 5.92 Å². The summed E-state index contributed by atoms with van der Waals surface area (Å²) < 4.78 is 0. The van der Waals surface area contributed by atoms with Crippen molar-refractivity contribution in [2.45, 2.75) is 6.42 Å². The van der Waals surface area contributed by atoms with Crippen LogP contribution >= 0.6 is 0 Å². The Labute approximate surface area is 61.8 Å². The van der Waals surface area contributed by atoms with Crippen LogP contribution in [0, 0.1) is 17.2 Å². The zero-order valence-electron chi connectivity index (χ0n) is 6.30. The van der Waals surface area contributed by atoms with Gasteiger partial charge in [-0.15, -0.1) is 0 Å². The van der Waals surface area contributed by atoms with Crippen LogP contribution in [0.2, 0.25) is 0 Å². The van der Waals surface area contributed by atoms with Crippen molar-refractivity contribution in [3.05, 3.63) is 12.2 Å². The molecule has 1 heterocycles. The van der Waals surface area contributed by atoms with Crippen molar-refractivity contribution in [1.29, 1.82) is 5.26 Å². The Morgan fingerprint density at radius 3 is 2.80 bits per heavy atom. The smallest absolute Gasteiger partial charge is 0.0666 e. The molecule has 54 valence electrons. The van der Waals surface area contributed by atoms with Crippen LogP contribution < -0.4 is 0 Å². The Hall–Kier alpha value is -0.810. The lowest BCUT2D eigenvalue weighted by molar-refractivity contribution is 0.160. The SMILES string of the molecule is C=C(CC#N)C1CN(C)C1. The molecule has 1 saturated heterocycles. The maximum absolute atomic E-state index is 8.35. The molecule has 0 spiro atoms. The number of hydrogen-bond donors (Lipinski definition) is 0. The minimum absolute atomic E-state index is 0.526. The molecule has 2 heteroatoms. The fourth-order valence-electron chi connectivity index (χ4n) is 1.20. The van der Waals surface area contributed by atoms with Gasteiger partial charge < -0.3 is 4.90 Å². The van der Waals surface area contributed by atoms with Crippen molar-refractivity contribution in [1.82, 2.24) is 4.90 Å². The molecule has 0 aromatic carbocycles. The van der Waals surface area contributed by atoms with Crippen LogP contribution in [-0.4, -0.2) is 25.0 Å². The van der Waals surface area contributed by atoms with Crippen molar-refractivity contribution in [2.75, 3.05) is 20.1 Å². The van der Waals surface area contributed by atoms with Gasteiger partial charge >= 0.3 is 0 Å². The monoisotopic (exact) mass is 136 g/mol. The lowest BCUT2D eigenvalue weighted by atomic mass is 9.91. The van der Waals surface area contributed by atoms with Gasteiger partial charge in [-0.2, -0.15) is 5.26 Å². The highest BCUT2D eigenvalue weighted by molar-refractivity contribution is 5.11. The molecule has 0 bridgehead atoms. The molecule has 0 atom stereocenters. The first-order valence-electron chi connectivity index (χ1n) is 3.47. The molecule has 0 radical (unpaired) electrons. The summed E-state index contributed by atoms with van der Waals surface area (Å²) in [5, 5.41) is 8.35. The van der Waals surface area contributed by atoms with E-state index in [-0.39, 0.29) is 0 Å². The van der Waals surface area contributed by atoms with Gasteiger partial charge in [0.1, 0.15) is 0 Å². The average Bonchev–Trinajstić information content (AvgIpc) is 1.82. The van der Waals surface area contributed by atoms with Crippen LogP contribution in [0.15, 0.2) is 12.2 Å². The quantitative estimate of drug-likeness (QED) is 0.530. The number of likely N-dealkylation sites (tertiary alicyclic amines) is 1. The third kappa shape index (κ3) is 1.37. The van der Waals surface area contributed by atoms with Crippen LogP contribution in [0.25, 0.3) is 0 Å². The van der Waals surface area contributed by atoms with Crippen LogP contribution in [0.5, 0.6) is 0 Å². The predicted octanol–water partition coefficient (Wildman–Crippen LogP) is 1.02. The Kier molecular flexibility index (Phi) is 2.08. The molecule has 0 aromatic rings. The van der Waals surface area contributed by atoms with E-state index in [0.717, 1.165) is 18.7 Å². The van der Waals surface area contributed by atoms with Crippen molar-refractivity contribution in [3.63, 3.8) is 0 Å². The second kappa shape index (κ2) is 2.85. The van der Waals surface area contributed by atoms with Gasteiger partial charge in [-0.3, -0.25) is 0 Å². The van der Waals surface area contributed by atoms with Gasteiger partial charge in [-0.1, -0.05) is 12.2 Å². The van der Waals surface area contributed by atoms with E-state index in [1.807, 2.05) is 0 Å². The van der Waals surface area contributed by atoms with E-state index in [0.29, 0.717) is 12.3 Å². The van der Waals surface area contributed by atoms with Crippen LogP contribution in [-0.2, 0) is 0 Å². The summed E-state index contributed by atoms with van der Waals surface area (Å²) in [5.74, 6) is 0.588. The molecule has 0 amide bonds. The highest BCUT2D eigenvalue weighted by atomic mass is 15.2. The molecular formula is C8H12N2. The molecule has 1 aliphatic heterocycles. The van der Waals surface area contributed by atoms with Crippen LogP contribution in [0.3, 0.4) is 0 Å². The van der Waals surface area contributed by atoms with E-state index in [1.54, 1.807) is 0 Å². The fraction of sp³-hybridized carbons (Fsp3) is 0.625. The van der Waals surface area contributed by atoms with Gasteiger partial charge in [-0.25, -0.2) is 0 Å². The van der Waals surface area contributed by atoms with Gasteiger partial charge in [0.25, 0.3) is 0 Å². The molecule has 1 aliphatic rings. The van der Waals surface area contributed by atoms with Crippen molar-refractivity contribution >= 4 is 0 Å². The van der Waals surface area contributed by atoms with E-state index in [2.05, 4.69) is 24.6 Å². The van der Waals surface area contributed by atoms with Gasteiger partial charge in [0.15, 0.2) is 0 Å². The summed E-state index contributed by atoms with van der Waals surface area (Å²) in [4.78, 5) is 2.23. The van der Waals surface area contributed by atoms with Gasteiger partial charge in [0, 0.05) is 19.0 Å². The first kappa shape index (κ1) is 7.30. The Balaban J connectivity index is 2.26. The average molecular weight is 136 g/mol. The minimum atomic E-state index is 0.526. The Bertz CT molecular complexity index is 172. The van der Waals surface area contributed by atoms with E-state index in [1.165, 1.54) is 0 Å². The van der Waals surface area contributed by atoms with Gasteiger partial charge in [0.05, 0.1) is 12.5 Å². The van der Waals surface area contributed by atoms with E-state index >= 15 is 0 Å². The highest BCUT2D eigenvalue weighted by Crippen LogP contribution is 2.21. The first-order chi connectivity index (χ1) is 4.74. The molecular weight excluding hydrogens is 124 g/mol. The molecule has 2 nitrogen and oxygen atoms in total. The van der Waals surface area contributed by atoms with E-state index < -0.39 is 0 Å². The third-order valence-corrected chi connectivity index (χ3v) is 1.95. The summed E-state index contributed by atoms with van der Waals surface area (Å²) in [5.41, 5.74) is 1.10. The standard InChI is InChI=1S/C8H12N2/c1-7(3-4-9)8-5-10(2)6-8/h8H,1,3,5-6H2,2H3. The molecule has 0 N–H and O–H groups in total. The molecule has 0 unspecified atom stereocenters. The topological polar surface area (TPSA) is 27.0 Å². The highest BCUT2D eigenvalue weighted by Gasteiger charge is 2.24. The maximum Gasteiger partial charge on any atom is 0.0666 e. The summed E-state index contributed by atoms with van der Waals surface area (Å²) >= 11 is 0. The lowest BCUT2D eigenvalue weighted by Crippen LogP contribution is -2.44. The second-order valence-corrected chi connectivity index (χ2v) is 2.91. The molecule has 1 rings (SSSR count). The first-order valence-corrected chi connectivity index (χ1v) is 3.47. The van der Waals surface area contributed by atoms with E-state index in [9.17, 15) is 0 Å². The molecule has 0 aromatic heterocycles. The summed E-state index contributed by atoms with van der Waals surface area (Å²) in [7, 11) is 2.08. The number of nitriles is 1. The van der Waals surface area contributed by atoms with Crippen LogP contribution in [0.1, 0.15) is 6.42 Å². The third-order valence-electron chi connectivity index (χ3n) is 1.95. The molecule has 10 heavy (non-hydrogen) atoms. The van der Waals surface area contributed by atoms with E-state index in [4.69, 9.17) is 5.26 Å². The zero-order chi connectivity index (χ0) is 7.56. The maximum atomic E-state index is 8.35. The number of rotatable bonds is 2. The van der Waals surface area contributed by atoms with Crippen molar-refractivity contribution in [3.8, 4) is 6.07 Å². The zero-order valence-corrected chi connectivity index (χ0v) is 6.30. The minimum Gasteiger partial charge on any atom is -0.305 e. The Morgan fingerprint density at radius 2 is 2.40 bits per heavy atom. The molecule has 1 fully saturated rings. The number of nitrogens with zero attached hydrogens (tertiary/aromatic N) is 2. The summed E-state index contributed by atoms with van der Waals surface area (Å²) in [6, 6.07) is 2.11. The predicted molar refractivity (Wildman–Crippen MR) is 40.4 cm³/mol. The summed E-state index contributed by atoms with van der Waals surface area (Å²) in [6.07, 6.45) is 0.526. The van der Waals surface area contributed by atoms with Gasteiger partial charge in [-0.05, 0) is 7.05 Å². The largest absolute Gasteiger partial charge is 0.305 e. The molecule has 0 saturated carbocycles. The number of hydrogen-bond acceptors (Lipinski definition) is 2. The second-order valence-electron chi connectivity index (χ2n) is 2.91. The summed E-state index contributed by atoms with van der Waals surface area (Å²) in [6.45, 7) is 6.02. The molecule has 0 aliphatic carbocycles. The van der Waals surface area contributed by atoms with Crippen LogP contribution in [0.4, 0.5) is 0 Å². The van der Waals surface area contributed by atoms with Crippen molar-refractivity contribution < 1.29 is 0 Å². The lowest BCUT2D eigenvalue weighted by Gasteiger charge is -2.36. The van der Waals surface area contributed by atoms with Gasteiger partial charge in [0.2, 0.25) is 0 Å².